The van der Waals surface area contributed by atoms with Crippen LogP contribution in [0.4, 0.5) is 18.3 Å². The third-order valence-electron chi connectivity index (χ3n) is 3.22. The molecule has 0 radical (unpaired) electrons. The average Bonchev–Trinajstić information content (AvgIpc) is 3.07. The molecule has 0 unspecified atom stereocenters. The van der Waals surface area contributed by atoms with E-state index in [2.05, 4.69) is 22.4 Å². The lowest BCUT2D eigenvalue weighted by atomic mass is 10.2. The van der Waals surface area contributed by atoms with Gasteiger partial charge in [-0.2, -0.15) is 13.2 Å². The highest BCUT2D eigenvalue weighted by atomic mass is 32.1. The first kappa shape index (κ1) is 19.9. The molecule has 0 fully saturated rings. The van der Waals surface area contributed by atoms with Gasteiger partial charge in [0.2, 0.25) is 16.0 Å². The van der Waals surface area contributed by atoms with Crippen LogP contribution in [0.15, 0.2) is 30.3 Å². The van der Waals surface area contributed by atoms with E-state index in [-0.39, 0.29) is 16.5 Å². The minimum Gasteiger partial charge on any atom is -0.494 e. The summed E-state index contributed by atoms with van der Waals surface area (Å²) >= 11 is 0.273. The van der Waals surface area contributed by atoms with Gasteiger partial charge in [-0.3, -0.25) is 10.1 Å². The Kier molecular flexibility index (Phi) is 7.14. The van der Waals surface area contributed by atoms with Gasteiger partial charge >= 0.3 is 6.18 Å². The zero-order chi connectivity index (χ0) is 19.0. The molecule has 0 aliphatic carbocycles. The SMILES string of the molecule is CCCCCOc1ccc(/C=C/C(=O)Nc2nnc(C(F)(F)F)s2)cc1. The number of aromatic nitrogens is 2. The molecule has 26 heavy (non-hydrogen) atoms. The predicted octanol–water partition coefficient (Wildman–Crippen LogP) is 4.78. The fourth-order valence-corrected chi connectivity index (χ4v) is 2.54. The summed E-state index contributed by atoms with van der Waals surface area (Å²) in [5.41, 5.74) is 0.759. The standard InChI is InChI=1S/C17H18F3N3O2S/c1-2-3-4-11-25-13-8-5-12(6-9-13)7-10-14(24)21-16-23-22-15(26-16)17(18,19)20/h5-10H,2-4,11H2,1H3,(H,21,23,24)/b10-7+. The quantitative estimate of drug-likeness (QED) is 0.525. The van der Waals surface area contributed by atoms with Gasteiger partial charge < -0.3 is 4.74 Å². The van der Waals surface area contributed by atoms with Crippen molar-refractivity contribution in [1.29, 1.82) is 0 Å². The Bertz CT molecular complexity index is 742. The second kappa shape index (κ2) is 9.33. The minimum atomic E-state index is -4.57. The normalized spacial score (nSPS) is 11.7. The molecular weight excluding hydrogens is 367 g/mol. The van der Waals surface area contributed by atoms with Crippen LogP contribution in [0.3, 0.4) is 0 Å². The van der Waals surface area contributed by atoms with Crippen LogP contribution in [-0.2, 0) is 11.0 Å². The Morgan fingerprint density at radius 2 is 1.96 bits per heavy atom. The van der Waals surface area contributed by atoms with Crippen LogP contribution in [0, 0.1) is 0 Å². The van der Waals surface area contributed by atoms with Gasteiger partial charge in [0.15, 0.2) is 0 Å². The van der Waals surface area contributed by atoms with E-state index in [4.69, 9.17) is 4.74 Å². The van der Waals surface area contributed by atoms with Gasteiger partial charge in [0.05, 0.1) is 6.61 Å². The summed E-state index contributed by atoms with van der Waals surface area (Å²) in [6.07, 6.45) is 1.43. The molecule has 0 aliphatic rings. The number of hydrogen-bond acceptors (Lipinski definition) is 5. The molecule has 9 heteroatoms. The maximum atomic E-state index is 12.4. The molecule has 1 aromatic carbocycles. The fraction of sp³-hybridized carbons (Fsp3) is 0.353. The van der Waals surface area contributed by atoms with E-state index in [9.17, 15) is 18.0 Å². The van der Waals surface area contributed by atoms with Crippen molar-refractivity contribution < 1.29 is 22.7 Å². The third-order valence-corrected chi connectivity index (χ3v) is 4.11. The number of carbonyl (C=O) groups is 1. The Hall–Kier alpha value is -2.42. The van der Waals surface area contributed by atoms with E-state index >= 15 is 0 Å². The molecule has 1 aromatic heterocycles. The molecule has 0 atom stereocenters. The lowest BCUT2D eigenvalue weighted by Gasteiger charge is -2.05. The van der Waals surface area contributed by atoms with Crippen molar-refractivity contribution in [2.75, 3.05) is 11.9 Å². The number of anilines is 1. The number of carbonyl (C=O) groups excluding carboxylic acids is 1. The van der Waals surface area contributed by atoms with Gasteiger partial charge in [-0.15, -0.1) is 10.2 Å². The number of unbranched alkanes of at least 4 members (excludes halogenated alkanes) is 2. The summed E-state index contributed by atoms with van der Waals surface area (Å²) in [7, 11) is 0. The number of halogens is 3. The largest absolute Gasteiger partial charge is 0.494 e. The van der Waals surface area contributed by atoms with Crippen LogP contribution in [0.5, 0.6) is 5.75 Å². The number of nitrogens with one attached hydrogen (secondary N) is 1. The van der Waals surface area contributed by atoms with E-state index in [1.165, 1.54) is 6.08 Å². The van der Waals surface area contributed by atoms with Crippen LogP contribution < -0.4 is 10.1 Å². The van der Waals surface area contributed by atoms with Gasteiger partial charge in [0.1, 0.15) is 5.75 Å². The second-order valence-electron chi connectivity index (χ2n) is 5.36. The number of ether oxygens (including phenoxy) is 1. The maximum Gasteiger partial charge on any atom is 0.445 e. The molecule has 0 spiro atoms. The number of nitrogens with zero attached hydrogens (tertiary/aromatic N) is 2. The van der Waals surface area contributed by atoms with Crippen molar-refractivity contribution in [2.45, 2.75) is 32.4 Å². The van der Waals surface area contributed by atoms with Crippen molar-refractivity contribution in [2.24, 2.45) is 0 Å². The molecule has 140 valence electrons. The molecule has 0 saturated carbocycles. The van der Waals surface area contributed by atoms with Gasteiger partial charge in [0, 0.05) is 6.08 Å². The van der Waals surface area contributed by atoms with Gasteiger partial charge in [-0.05, 0) is 30.2 Å². The topological polar surface area (TPSA) is 64.1 Å². The highest BCUT2D eigenvalue weighted by Gasteiger charge is 2.35. The molecule has 1 N–H and O–H groups in total. The smallest absolute Gasteiger partial charge is 0.445 e. The Balaban J connectivity index is 1.84. The van der Waals surface area contributed by atoms with Crippen LogP contribution in [-0.4, -0.2) is 22.7 Å². The number of alkyl halides is 3. The summed E-state index contributed by atoms with van der Waals surface area (Å²) in [5, 5.41) is 7.23. The molecule has 5 nitrogen and oxygen atoms in total. The summed E-state index contributed by atoms with van der Waals surface area (Å²) in [5.74, 6) is 0.158. The molecule has 2 rings (SSSR count). The van der Waals surface area contributed by atoms with Crippen molar-refractivity contribution in [1.82, 2.24) is 10.2 Å². The zero-order valence-corrected chi connectivity index (χ0v) is 14.9. The third kappa shape index (κ3) is 6.47. The van der Waals surface area contributed by atoms with Gasteiger partial charge in [-0.1, -0.05) is 43.2 Å². The maximum absolute atomic E-state index is 12.4. The van der Waals surface area contributed by atoms with E-state index in [1.54, 1.807) is 30.3 Å². The lowest BCUT2D eigenvalue weighted by molar-refractivity contribution is -0.138. The van der Waals surface area contributed by atoms with Crippen LogP contribution in [0.25, 0.3) is 6.08 Å². The lowest BCUT2D eigenvalue weighted by Crippen LogP contribution is -2.07. The van der Waals surface area contributed by atoms with Gasteiger partial charge in [-0.25, -0.2) is 0 Å². The molecule has 0 aliphatic heterocycles. The van der Waals surface area contributed by atoms with Crippen LogP contribution in [0.2, 0.25) is 0 Å². The molecule has 2 aromatic rings. The van der Waals surface area contributed by atoms with Crippen LogP contribution in [0.1, 0.15) is 36.8 Å². The van der Waals surface area contributed by atoms with Crippen molar-refractivity contribution in [3.05, 3.63) is 40.9 Å². The van der Waals surface area contributed by atoms with Gasteiger partial charge in [0.25, 0.3) is 0 Å². The van der Waals surface area contributed by atoms with E-state index in [0.29, 0.717) is 6.61 Å². The average molecular weight is 385 g/mol. The van der Waals surface area contributed by atoms with Crippen molar-refractivity contribution in [3.63, 3.8) is 0 Å². The number of hydrogen-bond donors (Lipinski definition) is 1. The number of amides is 1. The zero-order valence-electron chi connectivity index (χ0n) is 14.0. The second-order valence-corrected chi connectivity index (χ2v) is 6.33. The molecule has 0 bridgehead atoms. The van der Waals surface area contributed by atoms with E-state index in [0.717, 1.165) is 30.6 Å². The Labute approximate surface area is 152 Å². The Morgan fingerprint density at radius 3 is 2.58 bits per heavy atom. The predicted molar refractivity (Wildman–Crippen MR) is 94.0 cm³/mol. The molecule has 1 amide bonds. The first-order valence-corrected chi connectivity index (χ1v) is 8.82. The minimum absolute atomic E-state index is 0.206. The number of benzene rings is 1. The van der Waals surface area contributed by atoms with Crippen molar-refractivity contribution in [3.8, 4) is 5.75 Å². The summed E-state index contributed by atoms with van der Waals surface area (Å²) in [6.45, 7) is 2.78. The highest BCUT2D eigenvalue weighted by molar-refractivity contribution is 7.15. The Morgan fingerprint density at radius 1 is 1.23 bits per heavy atom. The highest BCUT2D eigenvalue weighted by Crippen LogP contribution is 2.32. The summed E-state index contributed by atoms with van der Waals surface area (Å²) in [4.78, 5) is 11.7. The molecule has 1 heterocycles. The molecular formula is C17H18F3N3O2S. The van der Waals surface area contributed by atoms with E-state index < -0.39 is 17.1 Å². The van der Waals surface area contributed by atoms with Crippen LogP contribution >= 0.6 is 11.3 Å². The fourth-order valence-electron chi connectivity index (χ4n) is 1.92. The molecule has 0 saturated heterocycles. The summed E-state index contributed by atoms with van der Waals surface area (Å²) in [6, 6.07) is 7.16. The van der Waals surface area contributed by atoms with Crippen molar-refractivity contribution >= 4 is 28.5 Å². The number of rotatable bonds is 8. The summed E-state index contributed by atoms with van der Waals surface area (Å²) < 4.78 is 42.9. The monoisotopic (exact) mass is 385 g/mol. The van der Waals surface area contributed by atoms with E-state index in [1.807, 2.05) is 0 Å². The first-order valence-electron chi connectivity index (χ1n) is 8.01. The first-order chi connectivity index (χ1) is 12.4.